The molecule has 0 unspecified atom stereocenters. The van der Waals surface area contributed by atoms with Gasteiger partial charge < -0.3 is 49.8 Å². The molecule has 0 amide bonds. The molecule has 0 aromatic rings. The first kappa shape index (κ1) is 35.1. The first-order valence-corrected chi connectivity index (χ1v) is 6.07. The highest BCUT2D eigenvalue weighted by atomic mass is 19.1. The van der Waals surface area contributed by atoms with Crippen LogP contribution in [0, 0.1) is 5.41 Å². The van der Waals surface area contributed by atoms with Crippen LogP contribution in [-0.2, 0) is 4.74 Å². The standard InChI is InChI=1S/C6H14N2O.4BFH2O2/c1-4-8(5-2)6(7)9-3;4*2-1(3)4/h7H,4-5H2,1-3H3;4*3-4H. The fourth-order valence-corrected chi connectivity index (χ4v) is 0.640. The third-order valence-electron chi connectivity index (χ3n) is 1.24. The minimum absolute atomic E-state index is 0.250. The van der Waals surface area contributed by atoms with Gasteiger partial charge in [-0.1, -0.05) is 0 Å². The highest BCUT2D eigenvalue weighted by Gasteiger charge is 2.02. The van der Waals surface area contributed by atoms with Crippen molar-refractivity contribution >= 4 is 35.6 Å². The summed E-state index contributed by atoms with van der Waals surface area (Å²) >= 11 is 0. The van der Waals surface area contributed by atoms with E-state index in [0.29, 0.717) is 0 Å². The molecule has 150 valence electrons. The van der Waals surface area contributed by atoms with Crippen LogP contribution in [0.1, 0.15) is 13.8 Å². The largest absolute Gasteiger partial charge is 0.674 e. The van der Waals surface area contributed by atoms with Crippen molar-refractivity contribution in [1.82, 2.24) is 4.90 Å². The van der Waals surface area contributed by atoms with Gasteiger partial charge in [0, 0.05) is 13.1 Å². The molecule has 0 rings (SSSR count). The minimum atomic E-state index is -2.67. The summed E-state index contributed by atoms with van der Waals surface area (Å²) in [6.07, 6.45) is 0. The van der Waals surface area contributed by atoms with Crippen LogP contribution in [0.3, 0.4) is 0 Å². The molecule has 0 spiro atoms. The van der Waals surface area contributed by atoms with Crippen molar-refractivity contribution in [2.75, 3.05) is 20.2 Å². The fourth-order valence-electron chi connectivity index (χ4n) is 0.640. The Morgan fingerprint density at radius 2 is 0.920 bits per heavy atom. The van der Waals surface area contributed by atoms with E-state index in [-0.39, 0.29) is 6.02 Å². The van der Waals surface area contributed by atoms with Crippen molar-refractivity contribution in [1.29, 1.82) is 5.41 Å². The Morgan fingerprint density at radius 3 is 0.960 bits per heavy atom. The van der Waals surface area contributed by atoms with Gasteiger partial charge in [0.25, 0.3) is 6.02 Å². The number of amidine groups is 1. The first-order chi connectivity index (χ1) is 11.2. The molecule has 0 fully saturated rings. The lowest BCUT2D eigenvalue weighted by Gasteiger charge is -2.18. The number of ether oxygens (including phenoxy) is 1. The molecule has 11 nitrogen and oxygen atoms in total. The molecular weight excluding hydrogens is 363 g/mol. The molecule has 0 aliphatic rings. The summed E-state index contributed by atoms with van der Waals surface area (Å²) in [5.41, 5.74) is 0. The quantitative estimate of drug-likeness (QED) is 0.0999. The highest BCUT2D eigenvalue weighted by Crippen LogP contribution is 1.87. The number of methoxy groups -OCH3 is 1. The van der Waals surface area contributed by atoms with Gasteiger partial charge in [-0.3, -0.25) is 22.7 Å². The van der Waals surface area contributed by atoms with Gasteiger partial charge in [-0.05, 0) is 13.8 Å². The molecule has 0 aromatic heterocycles. The third-order valence-corrected chi connectivity index (χ3v) is 1.24. The van der Waals surface area contributed by atoms with Crippen molar-refractivity contribution in [3.05, 3.63) is 0 Å². The SMILES string of the molecule is CCN(CC)C(=N)OC.OB(O)F.OB(O)F.OB(O)F.OB(O)F. The summed E-state index contributed by atoms with van der Waals surface area (Å²) in [6.45, 7) is 5.67. The second-order valence-corrected chi connectivity index (χ2v) is 2.92. The molecule has 0 saturated heterocycles. The molecule has 0 saturated carbocycles. The zero-order chi connectivity index (χ0) is 21.6. The van der Waals surface area contributed by atoms with Gasteiger partial charge in [-0.15, -0.1) is 0 Å². The molecule has 9 N–H and O–H groups in total. The Balaban J connectivity index is -0.0000000714. The van der Waals surface area contributed by atoms with Crippen LogP contribution in [0.25, 0.3) is 0 Å². The predicted octanol–water partition coefficient (Wildman–Crippen LogP) is -3.39. The molecule has 19 heteroatoms. The van der Waals surface area contributed by atoms with Crippen LogP contribution in [0.15, 0.2) is 0 Å². The summed E-state index contributed by atoms with van der Waals surface area (Å²) in [7, 11) is -9.15. The van der Waals surface area contributed by atoms with Crippen LogP contribution in [0.5, 0.6) is 0 Å². The van der Waals surface area contributed by atoms with E-state index in [1.807, 2.05) is 18.7 Å². The lowest BCUT2D eigenvalue weighted by molar-refractivity contribution is 0.291. The first-order valence-electron chi connectivity index (χ1n) is 6.07. The fraction of sp³-hybridized carbons (Fsp3) is 0.833. The Morgan fingerprint density at radius 1 is 0.760 bits per heavy atom. The van der Waals surface area contributed by atoms with Crippen LogP contribution < -0.4 is 0 Å². The smallest absolute Gasteiger partial charge is 0.469 e. The second kappa shape index (κ2) is 27.8. The Bertz CT molecular complexity index is 223. The van der Waals surface area contributed by atoms with E-state index >= 15 is 0 Å². The van der Waals surface area contributed by atoms with Gasteiger partial charge >= 0.3 is 29.6 Å². The summed E-state index contributed by atoms with van der Waals surface area (Å²) in [5.74, 6) is 0. The van der Waals surface area contributed by atoms with Gasteiger partial charge in [0.2, 0.25) is 0 Å². The Labute approximate surface area is 143 Å². The third kappa shape index (κ3) is 126. The zero-order valence-electron chi connectivity index (χ0n) is 13.7. The molecule has 0 radical (unpaired) electrons. The molecule has 0 aromatic carbocycles. The Hall–Kier alpha value is -1.07. The number of hydrogen-bond donors (Lipinski definition) is 9. The van der Waals surface area contributed by atoms with Crippen LogP contribution >= 0.6 is 0 Å². The van der Waals surface area contributed by atoms with Crippen LogP contribution in [0.4, 0.5) is 17.3 Å². The molecular formula is C6H22B4F4N2O9. The van der Waals surface area contributed by atoms with Crippen LogP contribution in [-0.4, -0.2) is 101 Å². The number of halogens is 4. The molecule has 0 aliphatic heterocycles. The lowest BCUT2D eigenvalue weighted by atomic mass is 10.3. The summed E-state index contributed by atoms with van der Waals surface area (Å²) < 4.78 is 45.1. The maximum atomic E-state index is 10.1. The van der Waals surface area contributed by atoms with E-state index in [1.54, 1.807) is 0 Å². The maximum absolute atomic E-state index is 10.1. The van der Waals surface area contributed by atoms with E-state index in [1.165, 1.54) is 7.11 Å². The number of hydrogen-bond acceptors (Lipinski definition) is 10. The predicted molar refractivity (Wildman–Crippen MR) is 82.9 cm³/mol. The Kier molecular flexibility index (Phi) is 39.0. The maximum Gasteiger partial charge on any atom is 0.674 e. The van der Waals surface area contributed by atoms with Gasteiger partial charge in [-0.2, -0.15) is 0 Å². The van der Waals surface area contributed by atoms with Gasteiger partial charge in [0.05, 0.1) is 7.11 Å². The minimum Gasteiger partial charge on any atom is -0.469 e. The van der Waals surface area contributed by atoms with Crippen LogP contribution in [0.2, 0.25) is 0 Å². The average Bonchev–Trinajstić information content (AvgIpc) is 2.37. The number of nitrogens with one attached hydrogen (secondary N) is 1. The molecule has 0 atom stereocenters. The summed E-state index contributed by atoms with van der Waals surface area (Å²) in [6, 6.07) is 0.250. The highest BCUT2D eigenvalue weighted by molar-refractivity contribution is 6.32. The van der Waals surface area contributed by atoms with E-state index in [9.17, 15) is 17.3 Å². The van der Waals surface area contributed by atoms with Gasteiger partial charge in [0.15, 0.2) is 0 Å². The van der Waals surface area contributed by atoms with Gasteiger partial charge in [-0.25, -0.2) is 0 Å². The molecule has 25 heavy (non-hydrogen) atoms. The average molecular weight is 385 g/mol. The monoisotopic (exact) mass is 386 g/mol. The van der Waals surface area contributed by atoms with Crippen molar-refractivity contribution in [3.8, 4) is 0 Å². The van der Waals surface area contributed by atoms with E-state index < -0.39 is 29.6 Å². The molecule has 0 heterocycles. The topological polar surface area (TPSA) is 198 Å². The molecule has 0 bridgehead atoms. The van der Waals surface area contributed by atoms with Gasteiger partial charge in [0.1, 0.15) is 0 Å². The lowest BCUT2D eigenvalue weighted by Crippen LogP contribution is -2.30. The molecule has 0 aliphatic carbocycles. The summed E-state index contributed by atoms with van der Waals surface area (Å²) in [5, 5.41) is 62.8. The number of nitrogens with zero attached hydrogens (tertiary/aromatic N) is 1. The van der Waals surface area contributed by atoms with E-state index in [0.717, 1.165) is 13.1 Å². The van der Waals surface area contributed by atoms with Crippen molar-refractivity contribution in [2.24, 2.45) is 0 Å². The summed E-state index contributed by atoms with van der Waals surface area (Å²) in [4.78, 5) is 1.83. The normalized spacial score (nSPS) is 7.48. The van der Waals surface area contributed by atoms with E-state index in [2.05, 4.69) is 0 Å². The van der Waals surface area contributed by atoms with Crippen molar-refractivity contribution < 1.29 is 62.2 Å². The van der Waals surface area contributed by atoms with E-state index in [4.69, 9.17) is 50.3 Å². The van der Waals surface area contributed by atoms with Crippen molar-refractivity contribution in [3.63, 3.8) is 0 Å². The number of rotatable bonds is 2. The van der Waals surface area contributed by atoms with Crippen molar-refractivity contribution in [2.45, 2.75) is 13.8 Å². The zero-order valence-corrected chi connectivity index (χ0v) is 13.7. The second-order valence-electron chi connectivity index (χ2n) is 2.92.